The fourth-order valence-electron chi connectivity index (χ4n) is 4.48. The minimum Gasteiger partial charge on any atom is -0.482 e. The minimum atomic E-state index is -2.85. The highest BCUT2D eigenvalue weighted by molar-refractivity contribution is 7.13. The summed E-state index contributed by atoms with van der Waals surface area (Å²) in [6.07, 6.45) is 9.45. The molecular weight excluding hydrogens is 462 g/mol. The Kier molecular flexibility index (Phi) is 8.31. The van der Waals surface area contributed by atoms with E-state index >= 15 is 0 Å². The number of rotatable bonds is 10. The van der Waals surface area contributed by atoms with Crippen LogP contribution in [0.3, 0.4) is 0 Å². The predicted molar refractivity (Wildman–Crippen MR) is 125 cm³/mol. The molecule has 1 aliphatic carbocycles. The van der Waals surface area contributed by atoms with Crippen LogP contribution >= 0.6 is 11.3 Å². The molecule has 1 saturated carbocycles. The summed E-state index contributed by atoms with van der Waals surface area (Å²) >= 11 is 1.39. The van der Waals surface area contributed by atoms with Crippen molar-refractivity contribution in [1.29, 1.82) is 0 Å². The average Bonchev–Trinajstić information content (AvgIpc) is 3.24. The Morgan fingerprint density at radius 3 is 2.85 bits per heavy atom. The monoisotopic (exact) mass is 494 g/mol. The van der Waals surface area contributed by atoms with E-state index in [0.29, 0.717) is 16.9 Å². The number of pyridine rings is 1. The van der Waals surface area contributed by atoms with Crippen molar-refractivity contribution < 1.29 is 23.0 Å². The van der Waals surface area contributed by atoms with Gasteiger partial charge < -0.3 is 14.8 Å². The fourth-order valence-corrected chi connectivity index (χ4v) is 5.39. The molecule has 1 amide bonds. The summed E-state index contributed by atoms with van der Waals surface area (Å²) in [5.74, 6) is -1.70. The van der Waals surface area contributed by atoms with Crippen molar-refractivity contribution in [3.05, 3.63) is 35.1 Å². The Morgan fingerprint density at radius 1 is 1.29 bits per heavy atom. The molecule has 0 saturated heterocycles. The van der Waals surface area contributed by atoms with Crippen molar-refractivity contribution in [3.63, 3.8) is 0 Å². The fraction of sp³-hybridized carbons (Fsp3) is 0.625. The van der Waals surface area contributed by atoms with Gasteiger partial charge in [-0.05, 0) is 63.1 Å². The first-order chi connectivity index (χ1) is 16.3. The Morgan fingerprint density at radius 2 is 2.12 bits per heavy atom. The van der Waals surface area contributed by atoms with Gasteiger partial charge in [0, 0.05) is 37.1 Å². The molecule has 34 heavy (non-hydrogen) atoms. The van der Waals surface area contributed by atoms with Gasteiger partial charge in [-0.3, -0.25) is 14.7 Å². The van der Waals surface area contributed by atoms with Gasteiger partial charge in [0.25, 0.3) is 17.0 Å². The molecule has 0 aromatic carbocycles. The Balaban J connectivity index is 1.13. The highest BCUT2D eigenvalue weighted by Gasteiger charge is 2.27. The van der Waals surface area contributed by atoms with Crippen LogP contribution in [0.25, 0.3) is 0 Å². The second kappa shape index (κ2) is 11.4. The highest BCUT2D eigenvalue weighted by atomic mass is 32.1. The number of halogens is 2. The Labute approximate surface area is 202 Å². The molecule has 2 aromatic heterocycles. The summed E-state index contributed by atoms with van der Waals surface area (Å²) < 4.78 is 36.7. The third-order valence-electron chi connectivity index (χ3n) is 6.31. The number of thiazole rings is 1. The van der Waals surface area contributed by atoms with Gasteiger partial charge in [-0.2, -0.15) is 0 Å². The zero-order valence-corrected chi connectivity index (χ0v) is 20.3. The number of amides is 1. The number of carbonyl (C=O) groups is 1. The first-order valence-corrected chi connectivity index (χ1v) is 12.7. The van der Waals surface area contributed by atoms with Crippen molar-refractivity contribution in [3.8, 4) is 10.9 Å². The zero-order chi connectivity index (χ0) is 24.0. The topological polar surface area (TPSA) is 76.6 Å². The van der Waals surface area contributed by atoms with Crippen molar-refractivity contribution >= 4 is 17.2 Å². The van der Waals surface area contributed by atoms with E-state index < -0.39 is 12.5 Å². The molecule has 4 rings (SSSR count). The molecule has 0 radical (unpaired) electrons. The normalized spacial score (nSPS) is 21.0. The predicted octanol–water partition coefficient (Wildman–Crippen LogP) is 4.07. The van der Waals surface area contributed by atoms with Crippen LogP contribution < -0.4 is 14.8 Å². The molecule has 0 spiro atoms. The zero-order valence-electron chi connectivity index (χ0n) is 19.5. The van der Waals surface area contributed by atoms with E-state index in [0.717, 1.165) is 75.7 Å². The maximum atomic E-state index is 13.0. The molecule has 2 aromatic rings. The SMILES string of the molecule is CC(F)(F)COc1nc2c(s1)CCN(CC[C@H]1CC[C@H](NC(=O)COc3cccnc3)CC1)C2. The van der Waals surface area contributed by atoms with Crippen molar-refractivity contribution in [2.75, 3.05) is 26.3 Å². The molecule has 186 valence electrons. The van der Waals surface area contributed by atoms with Gasteiger partial charge in [0.05, 0.1) is 11.9 Å². The number of hydrogen-bond acceptors (Lipinski definition) is 7. The smallest absolute Gasteiger partial charge is 0.278 e. The van der Waals surface area contributed by atoms with Crippen molar-refractivity contribution in [2.45, 2.75) is 64.0 Å². The van der Waals surface area contributed by atoms with Crippen LogP contribution in [0.2, 0.25) is 0 Å². The lowest BCUT2D eigenvalue weighted by molar-refractivity contribution is -0.124. The van der Waals surface area contributed by atoms with Crippen LogP contribution in [-0.4, -0.2) is 59.0 Å². The highest BCUT2D eigenvalue weighted by Crippen LogP contribution is 2.32. The van der Waals surface area contributed by atoms with E-state index in [4.69, 9.17) is 9.47 Å². The number of alkyl halides is 2. The lowest BCUT2D eigenvalue weighted by Crippen LogP contribution is -2.40. The Bertz CT molecular complexity index is 930. The van der Waals surface area contributed by atoms with E-state index in [9.17, 15) is 13.6 Å². The van der Waals surface area contributed by atoms with Crippen molar-refractivity contribution in [2.24, 2.45) is 5.92 Å². The van der Waals surface area contributed by atoms with Gasteiger partial charge in [-0.15, -0.1) is 0 Å². The van der Waals surface area contributed by atoms with Crippen LogP contribution in [0.4, 0.5) is 8.78 Å². The van der Waals surface area contributed by atoms with Gasteiger partial charge in [0.15, 0.2) is 13.2 Å². The van der Waals surface area contributed by atoms with E-state index in [1.165, 1.54) is 11.3 Å². The van der Waals surface area contributed by atoms with Gasteiger partial charge in [-0.1, -0.05) is 11.3 Å². The third-order valence-corrected chi connectivity index (χ3v) is 7.38. The number of ether oxygens (including phenoxy) is 2. The number of nitrogens with one attached hydrogen (secondary N) is 1. The van der Waals surface area contributed by atoms with Gasteiger partial charge in [0.2, 0.25) is 0 Å². The van der Waals surface area contributed by atoms with Crippen LogP contribution in [0.15, 0.2) is 24.5 Å². The summed E-state index contributed by atoms with van der Waals surface area (Å²) in [6.45, 7) is 2.93. The molecule has 10 heteroatoms. The molecule has 1 N–H and O–H groups in total. The number of aromatic nitrogens is 2. The van der Waals surface area contributed by atoms with E-state index in [2.05, 4.69) is 20.2 Å². The lowest BCUT2D eigenvalue weighted by atomic mass is 9.84. The van der Waals surface area contributed by atoms with E-state index in [-0.39, 0.29) is 18.6 Å². The maximum Gasteiger partial charge on any atom is 0.278 e. The second-order valence-corrected chi connectivity index (χ2v) is 10.3. The lowest BCUT2D eigenvalue weighted by Gasteiger charge is -2.32. The number of carbonyl (C=O) groups excluding carboxylic acids is 1. The summed E-state index contributed by atoms with van der Waals surface area (Å²) in [5, 5.41) is 3.43. The summed E-state index contributed by atoms with van der Waals surface area (Å²) in [5.41, 5.74) is 0.964. The van der Waals surface area contributed by atoms with Gasteiger partial charge in [-0.25, -0.2) is 13.8 Å². The van der Waals surface area contributed by atoms with E-state index in [1.54, 1.807) is 24.5 Å². The van der Waals surface area contributed by atoms with Gasteiger partial charge in [0.1, 0.15) is 5.75 Å². The molecule has 0 bridgehead atoms. The molecule has 3 heterocycles. The molecule has 2 aliphatic rings. The van der Waals surface area contributed by atoms with E-state index in [1.807, 2.05) is 0 Å². The summed E-state index contributed by atoms with van der Waals surface area (Å²) in [4.78, 5) is 24.1. The first-order valence-electron chi connectivity index (χ1n) is 11.9. The molecule has 1 fully saturated rings. The van der Waals surface area contributed by atoms with Gasteiger partial charge >= 0.3 is 0 Å². The summed E-state index contributed by atoms with van der Waals surface area (Å²) in [7, 11) is 0. The third kappa shape index (κ3) is 7.59. The first kappa shape index (κ1) is 24.8. The number of hydrogen-bond donors (Lipinski definition) is 1. The molecule has 0 atom stereocenters. The maximum absolute atomic E-state index is 13.0. The second-order valence-electron chi connectivity index (χ2n) is 9.29. The van der Waals surface area contributed by atoms with Crippen LogP contribution in [0.5, 0.6) is 10.9 Å². The summed E-state index contributed by atoms with van der Waals surface area (Å²) in [6, 6.07) is 3.77. The average molecular weight is 495 g/mol. The number of nitrogens with zero attached hydrogens (tertiary/aromatic N) is 3. The number of fused-ring (bicyclic) bond motifs is 1. The standard InChI is InChI=1S/C24H32F2N4O3S/c1-24(25,26)16-33-23-29-20-14-30(12-9-21(20)34-23)11-8-17-4-6-18(7-5-17)28-22(31)15-32-19-3-2-10-27-13-19/h2-3,10,13,17-18H,4-9,11-12,14-16H2,1H3,(H,28,31)/t17-,18-. The largest absolute Gasteiger partial charge is 0.482 e. The Hall–Kier alpha value is -2.33. The molecule has 7 nitrogen and oxygen atoms in total. The molecule has 1 aliphatic heterocycles. The van der Waals surface area contributed by atoms with Crippen LogP contribution in [-0.2, 0) is 17.8 Å². The molecular formula is C24H32F2N4O3S. The van der Waals surface area contributed by atoms with Crippen LogP contribution in [0, 0.1) is 5.92 Å². The molecule has 0 unspecified atom stereocenters. The van der Waals surface area contributed by atoms with Crippen molar-refractivity contribution in [1.82, 2.24) is 20.2 Å². The quantitative estimate of drug-likeness (QED) is 0.537. The minimum absolute atomic E-state index is 0.00676. The van der Waals surface area contributed by atoms with Crippen LogP contribution in [0.1, 0.15) is 49.6 Å².